The van der Waals surface area contributed by atoms with Gasteiger partial charge in [0.25, 0.3) is 0 Å². The number of hydrogen-bond donors (Lipinski definition) is 2. The monoisotopic (exact) mass is 464 g/mol. The van der Waals surface area contributed by atoms with Crippen LogP contribution < -0.4 is 0 Å². The van der Waals surface area contributed by atoms with Crippen molar-refractivity contribution in [2.45, 2.75) is 96.9 Å². The summed E-state index contributed by atoms with van der Waals surface area (Å²) >= 11 is 0. The van der Waals surface area contributed by atoms with Crippen molar-refractivity contribution in [3.8, 4) is 0 Å². The van der Waals surface area contributed by atoms with Gasteiger partial charge in [0.15, 0.2) is 11.7 Å². The van der Waals surface area contributed by atoms with Crippen molar-refractivity contribution < 1.29 is 38.8 Å². The molecule has 1 aliphatic heterocycles. The summed E-state index contributed by atoms with van der Waals surface area (Å²) in [4.78, 5) is 38.2. The average molecular weight is 465 g/mol. The standard InChI is InChI=1S/C25H36O8/c1-9-13(3)22(28)31-17(12-18(26)24(6,7)30)15(5)16-11-19-25(8,33-19)21(27)20(16)32-23(29)14(4)10-2/h9-10,16-20,26,30H,5,11-12H2,1-4,6-8H3/b13-9-,14-10-/t16-,17?,18?,19-,20-,25-/m1/s1. The van der Waals surface area contributed by atoms with Crippen molar-refractivity contribution in [1.29, 1.82) is 0 Å². The van der Waals surface area contributed by atoms with E-state index < -0.39 is 47.4 Å². The van der Waals surface area contributed by atoms with E-state index in [1.807, 2.05) is 0 Å². The van der Waals surface area contributed by atoms with E-state index in [4.69, 9.17) is 14.2 Å². The molecule has 2 unspecified atom stereocenters. The Labute approximate surface area is 195 Å². The number of epoxide rings is 1. The van der Waals surface area contributed by atoms with Gasteiger partial charge in [-0.1, -0.05) is 18.7 Å². The Morgan fingerprint density at radius 3 is 2.30 bits per heavy atom. The zero-order chi connectivity index (χ0) is 25.3. The summed E-state index contributed by atoms with van der Waals surface area (Å²) in [5.74, 6) is -2.31. The molecule has 0 aromatic rings. The fraction of sp³-hybridized carbons (Fsp3) is 0.640. The van der Waals surface area contributed by atoms with Crippen molar-refractivity contribution in [1.82, 2.24) is 0 Å². The molecule has 8 heteroatoms. The first-order chi connectivity index (χ1) is 15.2. The number of carbonyl (C=O) groups excluding carboxylic acids is 3. The smallest absolute Gasteiger partial charge is 0.334 e. The molecule has 0 amide bonds. The largest absolute Gasteiger partial charge is 0.454 e. The highest BCUT2D eigenvalue weighted by atomic mass is 16.6. The van der Waals surface area contributed by atoms with Crippen LogP contribution in [0, 0.1) is 5.92 Å². The summed E-state index contributed by atoms with van der Waals surface area (Å²) in [6, 6.07) is 0. The third-order valence-electron chi connectivity index (χ3n) is 6.66. The molecule has 1 saturated carbocycles. The van der Waals surface area contributed by atoms with E-state index >= 15 is 0 Å². The molecule has 0 radical (unpaired) electrons. The van der Waals surface area contributed by atoms with E-state index in [0.717, 1.165) is 0 Å². The van der Waals surface area contributed by atoms with E-state index in [0.29, 0.717) is 23.1 Å². The summed E-state index contributed by atoms with van der Waals surface area (Å²) in [6.07, 6.45) is -0.445. The number of allylic oxidation sites excluding steroid dienone is 2. The maximum atomic E-state index is 13.2. The van der Waals surface area contributed by atoms with Crippen LogP contribution in [0.25, 0.3) is 0 Å². The van der Waals surface area contributed by atoms with Gasteiger partial charge in [0.2, 0.25) is 5.78 Å². The van der Waals surface area contributed by atoms with Crippen molar-refractivity contribution >= 4 is 17.7 Å². The van der Waals surface area contributed by atoms with Gasteiger partial charge in [-0.05, 0) is 60.5 Å². The van der Waals surface area contributed by atoms with Gasteiger partial charge in [-0.25, -0.2) is 9.59 Å². The third-order valence-corrected chi connectivity index (χ3v) is 6.66. The molecular weight excluding hydrogens is 428 g/mol. The van der Waals surface area contributed by atoms with Crippen LogP contribution in [0.15, 0.2) is 35.5 Å². The zero-order valence-electron chi connectivity index (χ0n) is 20.5. The Morgan fingerprint density at radius 1 is 1.24 bits per heavy atom. The van der Waals surface area contributed by atoms with Gasteiger partial charge in [-0.2, -0.15) is 0 Å². The van der Waals surface area contributed by atoms with E-state index in [1.165, 1.54) is 13.8 Å². The predicted molar refractivity (Wildman–Crippen MR) is 121 cm³/mol. The average Bonchev–Trinajstić information content (AvgIpc) is 3.43. The number of Topliss-reactive ketones (excluding diaryl/α,β-unsaturated/α-hetero) is 1. The summed E-state index contributed by atoms with van der Waals surface area (Å²) in [6.45, 7) is 15.2. The number of carbonyl (C=O) groups is 3. The van der Waals surface area contributed by atoms with Gasteiger partial charge >= 0.3 is 11.9 Å². The normalized spacial score (nSPS) is 29.6. The number of aliphatic hydroxyl groups excluding tert-OH is 1. The van der Waals surface area contributed by atoms with Crippen LogP contribution >= 0.6 is 0 Å². The molecule has 0 aromatic carbocycles. The van der Waals surface area contributed by atoms with Gasteiger partial charge in [0.05, 0.1) is 17.8 Å². The molecule has 8 nitrogen and oxygen atoms in total. The number of rotatable bonds is 9. The Kier molecular flexibility index (Phi) is 8.10. The van der Waals surface area contributed by atoms with Crippen LogP contribution in [0.2, 0.25) is 0 Å². The Balaban J connectivity index is 2.38. The Morgan fingerprint density at radius 2 is 1.79 bits per heavy atom. The topological polar surface area (TPSA) is 123 Å². The van der Waals surface area contributed by atoms with Gasteiger partial charge < -0.3 is 24.4 Å². The molecule has 6 atom stereocenters. The molecule has 1 aliphatic carbocycles. The van der Waals surface area contributed by atoms with E-state index in [9.17, 15) is 24.6 Å². The molecule has 0 bridgehead atoms. The highest BCUT2D eigenvalue weighted by molar-refractivity contribution is 5.98. The van der Waals surface area contributed by atoms with Crippen molar-refractivity contribution in [2.75, 3.05) is 0 Å². The molecule has 2 N–H and O–H groups in total. The van der Waals surface area contributed by atoms with Crippen LogP contribution in [0.3, 0.4) is 0 Å². The highest BCUT2D eigenvalue weighted by Gasteiger charge is 2.66. The summed E-state index contributed by atoms with van der Waals surface area (Å²) < 4.78 is 16.8. The minimum Gasteiger partial charge on any atom is -0.454 e. The van der Waals surface area contributed by atoms with Crippen LogP contribution in [0.5, 0.6) is 0 Å². The minimum atomic E-state index is -1.46. The van der Waals surface area contributed by atoms with Gasteiger partial charge in [0, 0.05) is 23.5 Å². The lowest BCUT2D eigenvalue weighted by molar-refractivity contribution is -0.158. The second-order valence-electron chi connectivity index (χ2n) is 9.56. The second kappa shape index (κ2) is 9.91. The molecule has 2 rings (SSSR count). The fourth-order valence-electron chi connectivity index (χ4n) is 3.72. The van der Waals surface area contributed by atoms with Crippen molar-refractivity contribution in [3.63, 3.8) is 0 Å². The molecule has 1 saturated heterocycles. The number of ether oxygens (including phenoxy) is 3. The zero-order valence-corrected chi connectivity index (χ0v) is 20.5. The lowest BCUT2D eigenvalue weighted by Gasteiger charge is -2.36. The van der Waals surface area contributed by atoms with Crippen LogP contribution in [-0.4, -0.2) is 63.6 Å². The number of esters is 2. The van der Waals surface area contributed by atoms with E-state index in [2.05, 4.69) is 6.58 Å². The number of fused-ring (bicyclic) bond motifs is 1. The van der Waals surface area contributed by atoms with Crippen LogP contribution in [0.1, 0.15) is 61.3 Å². The molecule has 1 heterocycles. The molecule has 2 fully saturated rings. The first kappa shape index (κ1) is 27.0. The predicted octanol–water partition coefficient (Wildman–Crippen LogP) is 2.57. The van der Waals surface area contributed by atoms with E-state index in [-0.39, 0.29) is 18.3 Å². The summed E-state index contributed by atoms with van der Waals surface area (Å²) in [5.41, 5.74) is -1.46. The van der Waals surface area contributed by atoms with Gasteiger partial charge in [0.1, 0.15) is 6.10 Å². The quantitative estimate of drug-likeness (QED) is 0.231. The molecular formula is C25H36O8. The van der Waals surface area contributed by atoms with Gasteiger partial charge in [-0.3, -0.25) is 4.79 Å². The second-order valence-corrected chi connectivity index (χ2v) is 9.56. The minimum absolute atomic E-state index is 0.146. The molecule has 2 aliphatic rings. The SMILES string of the molecule is C=C(C(CC(O)C(C)(C)O)OC(=O)/C(C)=C\C)[C@H]1C[C@H]2O[C@@]2(C)C(=O)[C@@H]1OC(=O)/C(C)=C\C. The highest BCUT2D eigenvalue weighted by Crippen LogP contribution is 2.50. The summed E-state index contributed by atoms with van der Waals surface area (Å²) in [7, 11) is 0. The number of hydrogen-bond acceptors (Lipinski definition) is 8. The lowest BCUT2D eigenvalue weighted by atomic mass is 9.74. The lowest BCUT2D eigenvalue weighted by Crippen LogP contribution is -2.49. The number of ketones is 1. The number of aliphatic hydroxyl groups is 2. The van der Waals surface area contributed by atoms with Crippen LogP contribution in [-0.2, 0) is 28.6 Å². The first-order valence-corrected chi connectivity index (χ1v) is 11.2. The molecule has 184 valence electrons. The van der Waals surface area contributed by atoms with Gasteiger partial charge in [-0.15, -0.1) is 0 Å². The fourth-order valence-corrected chi connectivity index (χ4v) is 3.72. The maximum absolute atomic E-state index is 13.2. The third kappa shape index (κ3) is 5.80. The molecule has 0 spiro atoms. The molecule has 33 heavy (non-hydrogen) atoms. The molecule has 0 aromatic heterocycles. The van der Waals surface area contributed by atoms with Crippen molar-refractivity contribution in [3.05, 3.63) is 35.5 Å². The van der Waals surface area contributed by atoms with Crippen molar-refractivity contribution in [2.24, 2.45) is 5.92 Å². The van der Waals surface area contributed by atoms with E-state index in [1.54, 1.807) is 46.8 Å². The van der Waals surface area contributed by atoms with Crippen LogP contribution in [0.4, 0.5) is 0 Å². The Hall–Kier alpha value is -2.29. The first-order valence-electron chi connectivity index (χ1n) is 11.2. The summed E-state index contributed by atoms with van der Waals surface area (Å²) in [5, 5.41) is 20.7. The Bertz CT molecular complexity index is 877. The maximum Gasteiger partial charge on any atom is 0.334 e.